The SMILES string of the molecule is Nc1cnc(Cl)nc1Nc1c(F)cc(Br)cc1F. The van der Waals surface area contributed by atoms with Gasteiger partial charge in [0.25, 0.3) is 0 Å². The van der Waals surface area contributed by atoms with E-state index in [0.29, 0.717) is 0 Å². The smallest absolute Gasteiger partial charge is 0.224 e. The highest BCUT2D eigenvalue weighted by Crippen LogP contribution is 2.28. The van der Waals surface area contributed by atoms with E-state index in [1.165, 1.54) is 6.20 Å². The summed E-state index contributed by atoms with van der Waals surface area (Å²) in [6.45, 7) is 0. The summed E-state index contributed by atoms with van der Waals surface area (Å²) in [6, 6.07) is 2.23. The largest absolute Gasteiger partial charge is 0.394 e. The maximum absolute atomic E-state index is 13.6. The lowest BCUT2D eigenvalue weighted by Gasteiger charge is -2.10. The lowest BCUT2D eigenvalue weighted by molar-refractivity contribution is 0.589. The fourth-order valence-electron chi connectivity index (χ4n) is 1.25. The van der Waals surface area contributed by atoms with Crippen molar-refractivity contribution in [2.24, 2.45) is 0 Å². The van der Waals surface area contributed by atoms with E-state index >= 15 is 0 Å². The zero-order valence-electron chi connectivity index (χ0n) is 8.72. The van der Waals surface area contributed by atoms with Crippen molar-refractivity contribution in [1.29, 1.82) is 0 Å². The number of hydrogen-bond donors (Lipinski definition) is 2. The lowest BCUT2D eigenvalue weighted by Crippen LogP contribution is -2.04. The molecule has 0 aliphatic heterocycles. The molecule has 2 aromatic rings. The van der Waals surface area contributed by atoms with Crippen molar-refractivity contribution in [1.82, 2.24) is 9.97 Å². The fraction of sp³-hybridized carbons (Fsp3) is 0. The third-order valence-electron chi connectivity index (χ3n) is 2.04. The summed E-state index contributed by atoms with van der Waals surface area (Å²) in [4.78, 5) is 7.38. The minimum absolute atomic E-state index is 0.0372. The van der Waals surface area contributed by atoms with Crippen molar-refractivity contribution in [3.05, 3.63) is 39.7 Å². The van der Waals surface area contributed by atoms with Crippen molar-refractivity contribution in [2.75, 3.05) is 11.1 Å². The van der Waals surface area contributed by atoms with Crippen molar-refractivity contribution in [3.8, 4) is 0 Å². The monoisotopic (exact) mass is 334 g/mol. The van der Waals surface area contributed by atoms with E-state index in [0.717, 1.165) is 12.1 Å². The number of nitrogen functional groups attached to an aromatic ring is 1. The average Bonchev–Trinajstić information content (AvgIpc) is 2.28. The van der Waals surface area contributed by atoms with Crippen LogP contribution in [0.3, 0.4) is 0 Å². The first-order valence-electron chi connectivity index (χ1n) is 4.67. The standard InChI is InChI=1S/C10H6BrClF2N4/c11-4-1-5(13)8(6(14)2-4)17-9-7(15)3-16-10(12)18-9/h1-3H,15H2,(H,16,17,18). The Morgan fingerprint density at radius 1 is 1.28 bits per heavy atom. The van der Waals surface area contributed by atoms with E-state index in [-0.39, 0.29) is 26.9 Å². The van der Waals surface area contributed by atoms with Gasteiger partial charge in [-0.1, -0.05) is 15.9 Å². The molecule has 0 atom stereocenters. The van der Waals surface area contributed by atoms with Gasteiger partial charge in [-0.3, -0.25) is 0 Å². The first kappa shape index (κ1) is 13.0. The minimum Gasteiger partial charge on any atom is -0.394 e. The molecule has 1 heterocycles. The first-order chi connectivity index (χ1) is 8.47. The second-order valence-corrected chi connectivity index (χ2v) is 4.57. The van der Waals surface area contributed by atoms with Gasteiger partial charge < -0.3 is 11.1 Å². The summed E-state index contributed by atoms with van der Waals surface area (Å²) < 4.78 is 27.4. The van der Waals surface area contributed by atoms with Gasteiger partial charge in [-0.05, 0) is 23.7 Å². The van der Waals surface area contributed by atoms with Crippen LogP contribution in [0.4, 0.5) is 26.0 Å². The molecule has 0 radical (unpaired) electrons. The van der Waals surface area contributed by atoms with Gasteiger partial charge in [0, 0.05) is 4.47 Å². The Bertz CT molecular complexity index is 585. The van der Waals surface area contributed by atoms with Crippen molar-refractivity contribution >= 4 is 44.7 Å². The maximum Gasteiger partial charge on any atom is 0.224 e. The Kier molecular flexibility index (Phi) is 3.63. The van der Waals surface area contributed by atoms with Crippen molar-refractivity contribution < 1.29 is 8.78 Å². The van der Waals surface area contributed by atoms with Gasteiger partial charge >= 0.3 is 0 Å². The second-order valence-electron chi connectivity index (χ2n) is 3.31. The predicted molar refractivity (Wildman–Crippen MR) is 68.8 cm³/mol. The van der Waals surface area contributed by atoms with Crippen LogP contribution in [0.2, 0.25) is 5.28 Å². The normalized spacial score (nSPS) is 10.4. The second kappa shape index (κ2) is 5.03. The summed E-state index contributed by atoms with van der Waals surface area (Å²) in [5, 5.41) is 2.37. The molecule has 3 N–H and O–H groups in total. The molecule has 18 heavy (non-hydrogen) atoms. The number of rotatable bonds is 2. The lowest BCUT2D eigenvalue weighted by atomic mass is 10.3. The Morgan fingerprint density at radius 3 is 2.50 bits per heavy atom. The van der Waals surface area contributed by atoms with Crippen LogP contribution < -0.4 is 11.1 Å². The average molecular weight is 336 g/mol. The number of halogens is 4. The molecule has 8 heteroatoms. The molecular formula is C10H6BrClF2N4. The van der Waals surface area contributed by atoms with Gasteiger partial charge in [0.2, 0.25) is 5.28 Å². The topological polar surface area (TPSA) is 63.8 Å². The van der Waals surface area contributed by atoms with Gasteiger partial charge in [0.15, 0.2) is 17.5 Å². The fourth-order valence-corrected chi connectivity index (χ4v) is 1.79. The van der Waals surface area contributed by atoms with E-state index in [1.807, 2.05) is 0 Å². The van der Waals surface area contributed by atoms with Gasteiger partial charge in [-0.25, -0.2) is 13.8 Å². The molecule has 1 aromatic carbocycles. The Morgan fingerprint density at radius 2 is 1.89 bits per heavy atom. The third-order valence-corrected chi connectivity index (χ3v) is 2.68. The van der Waals surface area contributed by atoms with Crippen LogP contribution >= 0.6 is 27.5 Å². The van der Waals surface area contributed by atoms with Crippen LogP contribution in [0.25, 0.3) is 0 Å². The molecule has 0 saturated carbocycles. The van der Waals surface area contributed by atoms with Crippen LogP contribution in [0.1, 0.15) is 0 Å². The molecule has 94 valence electrons. The molecule has 0 saturated heterocycles. The van der Waals surface area contributed by atoms with Gasteiger partial charge in [-0.2, -0.15) is 4.98 Å². The Labute approximate surface area is 114 Å². The molecule has 2 rings (SSSR count). The van der Waals surface area contributed by atoms with Crippen LogP contribution in [0.15, 0.2) is 22.8 Å². The molecule has 0 fully saturated rings. The highest BCUT2D eigenvalue weighted by atomic mass is 79.9. The molecule has 0 aliphatic rings. The quantitative estimate of drug-likeness (QED) is 0.825. The molecule has 1 aromatic heterocycles. The predicted octanol–water partition coefficient (Wildman–Crippen LogP) is 3.50. The maximum atomic E-state index is 13.6. The van der Waals surface area contributed by atoms with E-state index in [9.17, 15) is 8.78 Å². The van der Waals surface area contributed by atoms with E-state index < -0.39 is 11.6 Å². The summed E-state index contributed by atoms with van der Waals surface area (Å²) >= 11 is 8.55. The number of nitrogens with zero attached hydrogens (tertiary/aromatic N) is 2. The van der Waals surface area contributed by atoms with Gasteiger partial charge in [0.05, 0.1) is 11.9 Å². The zero-order chi connectivity index (χ0) is 13.3. The summed E-state index contributed by atoms with van der Waals surface area (Å²) in [5.74, 6) is -1.53. The van der Waals surface area contributed by atoms with Gasteiger partial charge in [-0.15, -0.1) is 0 Å². The molecule has 0 amide bonds. The first-order valence-corrected chi connectivity index (χ1v) is 5.84. The number of benzene rings is 1. The molecule has 4 nitrogen and oxygen atoms in total. The summed E-state index contributed by atoms with van der Waals surface area (Å²) in [5.41, 5.74) is 5.33. The number of aromatic nitrogens is 2. The van der Waals surface area contributed by atoms with Crippen LogP contribution in [-0.2, 0) is 0 Å². The van der Waals surface area contributed by atoms with Gasteiger partial charge in [0.1, 0.15) is 5.69 Å². The van der Waals surface area contributed by atoms with Crippen LogP contribution in [0, 0.1) is 11.6 Å². The van der Waals surface area contributed by atoms with Crippen LogP contribution in [-0.4, -0.2) is 9.97 Å². The van der Waals surface area contributed by atoms with E-state index in [1.54, 1.807) is 0 Å². The Hall–Kier alpha value is -1.47. The summed E-state index contributed by atoms with van der Waals surface area (Å²) in [7, 11) is 0. The zero-order valence-corrected chi connectivity index (χ0v) is 11.1. The highest BCUT2D eigenvalue weighted by molar-refractivity contribution is 9.10. The summed E-state index contributed by atoms with van der Waals surface area (Å²) in [6.07, 6.45) is 1.24. The molecule has 0 unspecified atom stereocenters. The minimum atomic E-state index is -0.781. The van der Waals surface area contributed by atoms with E-state index in [4.69, 9.17) is 17.3 Å². The number of hydrogen-bond acceptors (Lipinski definition) is 4. The molecular weight excluding hydrogens is 329 g/mol. The highest BCUT2D eigenvalue weighted by Gasteiger charge is 2.13. The third kappa shape index (κ3) is 2.68. The molecule has 0 spiro atoms. The molecule has 0 bridgehead atoms. The number of anilines is 3. The Balaban J connectivity index is 2.43. The molecule has 0 aliphatic carbocycles. The van der Waals surface area contributed by atoms with E-state index in [2.05, 4.69) is 31.2 Å². The van der Waals surface area contributed by atoms with Crippen molar-refractivity contribution in [2.45, 2.75) is 0 Å². The number of nitrogens with two attached hydrogens (primary N) is 1. The van der Waals surface area contributed by atoms with Crippen molar-refractivity contribution in [3.63, 3.8) is 0 Å². The number of nitrogens with one attached hydrogen (secondary N) is 1. The van der Waals surface area contributed by atoms with Crippen LogP contribution in [0.5, 0.6) is 0 Å².